The molecule has 1 nitrogen and oxygen atoms in total. The highest BCUT2D eigenvalue weighted by atomic mass is 16.5. The third-order valence-electron chi connectivity index (χ3n) is 4.51. The van der Waals surface area contributed by atoms with Crippen molar-refractivity contribution in [2.75, 3.05) is 6.61 Å². The van der Waals surface area contributed by atoms with E-state index in [4.69, 9.17) is 4.74 Å². The predicted molar refractivity (Wildman–Crippen MR) is 57.1 cm³/mol. The van der Waals surface area contributed by atoms with E-state index in [1.54, 1.807) is 11.1 Å². The van der Waals surface area contributed by atoms with Crippen molar-refractivity contribution < 1.29 is 4.74 Å². The topological polar surface area (TPSA) is 9.23 Å². The van der Waals surface area contributed by atoms with Crippen LogP contribution in [0.25, 0.3) is 0 Å². The molecule has 2 aliphatic carbocycles. The summed E-state index contributed by atoms with van der Waals surface area (Å²) in [6.07, 6.45) is 4.05. The molecule has 14 heavy (non-hydrogen) atoms. The van der Waals surface area contributed by atoms with Gasteiger partial charge in [-0.1, -0.05) is 11.1 Å². The number of hydrogen-bond acceptors (Lipinski definition) is 1. The van der Waals surface area contributed by atoms with Crippen LogP contribution in [-0.2, 0) is 4.74 Å². The van der Waals surface area contributed by atoms with Crippen molar-refractivity contribution >= 4 is 0 Å². The Bertz CT molecular complexity index is 300. The number of hydrogen-bond donors (Lipinski definition) is 0. The molecular weight excluding hydrogens is 172 g/mol. The van der Waals surface area contributed by atoms with Crippen LogP contribution >= 0.6 is 0 Å². The normalized spacial score (nSPS) is 44.4. The number of ether oxygens (including phenoxy) is 1. The Morgan fingerprint density at radius 1 is 1.36 bits per heavy atom. The van der Waals surface area contributed by atoms with Gasteiger partial charge in [-0.2, -0.15) is 0 Å². The smallest absolute Gasteiger partial charge is 0.0691 e. The fourth-order valence-corrected chi connectivity index (χ4v) is 3.49. The Kier molecular flexibility index (Phi) is 1.69. The van der Waals surface area contributed by atoms with E-state index in [2.05, 4.69) is 20.8 Å². The van der Waals surface area contributed by atoms with E-state index in [1.807, 2.05) is 0 Å². The molecule has 3 aliphatic rings. The molecule has 78 valence electrons. The fourth-order valence-electron chi connectivity index (χ4n) is 3.49. The number of allylic oxidation sites excluding steroid dienone is 1. The first-order valence-corrected chi connectivity index (χ1v) is 5.93. The lowest BCUT2D eigenvalue weighted by Gasteiger charge is -2.32. The maximum Gasteiger partial charge on any atom is 0.0691 e. The molecule has 0 aromatic carbocycles. The summed E-state index contributed by atoms with van der Waals surface area (Å²) in [5.41, 5.74) is 3.57. The molecule has 3 rings (SSSR count). The maximum atomic E-state index is 6.07. The fraction of sp³-hybridized carbons (Fsp3) is 0.846. The summed E-state index contributed by atoms with van der Waals surface area (Å²) in [6.45, 7) is 7.90. The molecule has 0 spiro atoms. The summed E-state index contributed by atoms with van der Waals surface area (Å²) in [5.74, 6) is 2.49. The van der Waals surface area contributed by atoms with Crippen LogP contribution in [0.2, 0.25) is 0 Å². The highest BCUT2D eigenvalue weighted by molar-refractivity contribution is 5.31. The van der Waals surface area contributed by atoms with Gasteiger partial charge in [0.2, 0.25) is 0 Å². The third kappa shape index (κ3) is 1.11. The molecule has 1 heteroatoms. The highest BCUT2D eigenvalue weighted by Crippen LogP contribution is 2.57. The lowest BCUT2D eigenvalue weighted by molar-refractivity contribution is -0.0479. The van der Waals surface area contributed by atoms with Gasteiger partial charge in [0.15, 0.2) is 0 Å². The maximum absolute atomic E-state index is 6.07. The largest absolute Gasteiger partial charge is 0.375 e. The molecule has 0 aromatic rings. The summed E-state index contributed by atoms with van der Waals surface area (Å²) in [7, 11) is 0. The predicted octanol–water partition coefficient (Wildman–Crippen LogP) is 3.16. The quantitative estimate of drug-likeness (QED) is 0.536. The van der Waals surface area contributed by atoms with E-state index in [-0.39, 0.29) is 5.60 Å². The van der Waals surface area contributed by atoms with Gasteiger partial charge in [0, 0.05) is 5.92 Å². The third-order valence-corrected chi connectivity index (χ3v) is 4.51. The second-order valence-corrected chi connectivity index (χ2v) is 5.84. The molecule has 1 saturated heterocycles. The monoisotopic (exact) mass is 192 g/mol. The first-order chi connectivity index (χ1) is 6.59. The second-order valence-electron chi connectivity index (χ2n) is 5.84. The van der Waals surface area contributed by atoms with Crippen LogP contribution in [0.3, 0.4) is 0 Å². The van der Waals surface area contributed by atoms with Crippen molar-refractivity contribution in [2.24, 2.45) is 17.8 Å². The molecule has 1 saturated carbocycles. The minimum absolute atomic E-state index is 0.0977. The first-order valence-electron chi connectivity index (χ1n) is 5.93. The molecular formula is C13H20O. The highest BCUT2D eigenvalue weighted by Gasteiger charge is 2.51. The SMILES string of the molecule is CC1=C2[C@@H](CC1)C(C)(C)OC[C@H]1C[C@@H]21. The van der Waals surface area contributed by atoms with Gasteiger partial charge in [-0.3, -0.25) is 0 Å². The van der Waals surface area contributed by atoms with Crippen molar-refractivity contribution in [1.82, 2.24) is 0 Å². The van der Waals surface area contributed by atoms with E-state index in [0.717, 1.165) is 24.4 Å². The molecule has 0 unspecified atom stereocenters. The average Bonchev–Trinajstić information content (AvgIpc) is 2.79. The minimum Gasteiger partial charge on any atom is -0.375 e. The molecule has 1 heterocycles. The summed E-state index contributed by atoms with van der Waals surface area (Å²) >= 11 is 0. The molecule has 0 radical (unpaired) electrons. The van der Waals surface area contributed by atoms with E-state index >= 15 is 0 Å². The Balaban J connectivity index is 2.01. The molecule has 3 atom stereocenters. The minimum atomic E-state index is 0.0977. The van der Waals surface area contributed by atoms with Crippen LogP contribution in [0.1, 0.15) is 40.0 Å². The van der Waals surface area contributed by atoms with Crippen LogP contribution < -0.4 is 0 Å². The molecule has 2 fully saturated rings. The van der Waals surface area contributed by atoms with Crippen LogP contribution in [0.4, 0.5) is 0 Å². The average molecular weight is 192 g/mol. The van der Waals surface area contributed by atoms with Gasteiger partial charge in [-0.25, -0.2) is 0 Å². The van der Waals surface area contributed by atoms with Crippen LogP contribution in [-0.4, -0.2) is 12.2 Å². The van der Waals surface area contributed by atoms with Gasteiger partial charge in [-0.05, 0) is 51.9 Å². The van der Waals surface area contributed by atoms with E-state index < -0.39 is 0 Å². The van der Waals surface area contributed by atoms with Crippen LogP contribution in [0, 0.1) is 17.8 Å². The molecule has 0 amide bonds. The molecule has 0 bridgehead atoms. The lowest BCUT2D eigenvalue weighted by Crippen LogP contribution is -2.33. The summed E-state index contributed by atoms with van der Waals surface area (Å²) < 4.78 is 6.07. The van der Waals surface area contributed by atoms with E-state index in [9.17, 15) is 0 Å². The zero-order chi connectivity index (χ0) is 9.92. The molecule has 0 aromatic heterocycles. The second kappa shape index (κ2) is 2.63. The van der Waals surface area contributed by atoms with Crippen molar-refractivity contribution in [2.45, 2.75) is 45.6 Å². The van der Waals surface area contributed by atoms with Crippen molar-refractivity contribution in [3.63, 3.8) is 0 Å². The van der Waals surface area contributed by atoms with Gasteiger partial charge < -0.3 is 4.74 Å². The zero-order valence-corrected chi connectivity index (χ0v) is 9.47. The number of fused-ring (bicyclic) bond motifs is 3. The van der Waals surface area contributed by atoms with Crippen LogP contribution in [0.15, 0.2) is 11.1 Å². The van der Waals surface area contributed by atoms with Gasteiger partial charge in [0.25, 0.3) is 0 Å². The van der Waals surface area contributed by atoms with Gasteiger partial charge >= 0.3 is 0 Å². The van der Waals surface area contributed by atoms with E-state index in [0.29, 0.717) is 0 Å². The van der Waals surface area contributed by atoms with Crippen molar-refractivity contribution in [3.8, 4) is 0 Å². The molecule has 1 aliphatic heterocycles. The molecule has 0 N–H and O–H groups in total. The Morgan fingerprint density at radius 3 is 2.93 bits per heavy atom. The summed E-state index contributed by atoms with van der Waals surface area (Å²) in [4.78, 5) is 0. The van der Waals surface area contributed by atoms with Gasteiger partial charge in [0.1, 0.15) is 0 Å². The lowest BCUT2D eigenvalue weighted by atomic mass is 9.83. The Hall–Kier alpha value is -0.300. The standard InChI is InChI=1S/C13H20O/c1-8-4-5-11-12(8)10-6-9(10)7-14-13(11,2)3/h9-11H,4-7H2,1-3H3/t9-,10-,11-/m1/s1. The summed E-state index contributed by atoms with van der Waals surface area (Å²) in [6, 6.07) is 0. The van der Waals surface area contributed by atoms with Gasteiger partial charge in [0.05, 0.1) is 12.2 Å². The number of rotatable bonds is 0. The summed E-state index contributed by atoms with van der Waals surface area (Å²) in [5, 5.41) is 0. The van der Waals surface area contributed by atoms with Crippen molar-refractivity contribution in [3.05, 3.63) is 11.1 Å². The first kappa shape index (κ1) is 8.96. The van der Waals surface area contributed by atoms with Crippen LogP contribution in [0.5, 0.6) is 0 Å². The Morgan fingerprint density at radius 2 is 2.14 bits per heavy atom. The van der Waals surface area contributed by atoms with Crippen molar-refractivity contribution in [1.29, 1.82) is 0 Å². The van der Waals surface area contributed by atoms with Gasteiger partial charge in [-0.15, -0.1) is 0 Å². The Labute approximate surface area is 86.5 Å². The zero-order valence-electron chi connectivity index (χ0n) is 9.47. The van der Waals surface area contributed by atoms with E-state index in [1.165, 1.54) is 19.3 Å².